The molecule has 1 aliphatic rings. The molecule has 0 amide bonds. The van der Waals surface area contributed by atoms with Crippen LogP contribution in [0.15, 0.2) is 48.5 Å². The Morgan fingerprint density at radius 1 is 1.12 bits per heavy atom. The van der Waals surface area contributed by atoms with Gasteiger partial charge in [-0.25, -0.2) is 9.18 Å². The zero-order valence-corrected chi connectivity index (χ0v) is 14.5. The van der Waals surface area contributed by atoms with Gasteiger partial charge in [0.1, 0.15) is 5.82 Å². The zero-order valence-electron chi connectivity index (χ0n) is 14.5. The lowest BCUT2D eigenvalue weighted by Crippen LogP contribution is -2.39. The molecule has 1 N–H and O–H groups in total. The Morgan fingerprint density at radius 2 is 1.85 bits per heavy atom. The average molecular weight is 355 g/mol. The van der Waals surface area contributed by atoms with Crippen LogP contribution in [0.2, 0.25) is 0 Å². The highest BCUT2D eigenvalue weighted by Gasteiger charge is 2.26. The number of likely N-dealkylation sites (tertiary alicyclic amines) is 1. The smallest absolute Gasteiger partial charge is 0.335 e. The van der Waals surface area contributed by atoms with E-state index in [4.69, 9.17) is 0 Å². The Hall–Kier alpha value is -2.53. The number of Topliss-reactive ketones (excluding diaryl/α,β-unsaturated/α-hetero) is 1. The van der Waals surface area contributed by atoms with E-state index in [1.807, 2.05) is 12.1 Å². The van der Waals surface area contributed by atoms with Crippen LogP contribution in [0.25, 0.3) is 0 Å². The summed E-state index contributed by atoms with van der Waals surface area (Å²) in [6.45, 7) is 2.28. The van der Waals surface area contributed by atoms with Crippen molar-refractivity contribution < 1.29 is 19.1 Å². The van der Waals surface area contributed by atoms with Crippen molar-refractivity contribution in [3.05, 3.63) is 71.0 Å². The molecule has 1 fully saturated rings. The lowest BCUT2D eigenvalue weighted by Gasteiger charge is -2.32. The summed E-state index contributed by atoms with van der Waals surface area (Å²) in [5.41, 5.74) is 1.70. The van der Waals surface area contributed by atoms with Gasteiger partial charge >= 0.3 is 5.97 Å². The van der Waals surface area contributed by atoms with E-state index in [-0.39, 0.29) is 17.5 Å². The van der Waals surface area contributed by atoms with Crippen molar-refractivity contribution in [2.75, 3.05) is 19.6 Å². The molecule has 26 heavy (non-hydrogen) atoms. The molecule has 1 aliphatic heterocycles. The number of benzene rings is 2. The number of carboxylic acids is 1. The first kappa shape index (κ1) is 18.3. The number of ketones is 1. The fraction of sp³-hybridized carbons (Fsp3) is 0.333. The molecule has 2 aromatic carbocycles. The first-order chi connectivity index (χ1) is 12.5. The van der Waals surface area contributed by atoms with E-state index in [9.17, 15) is 19.1 Å². The second-order valence-electron chi connectivity index (χ2n) is 6.72. The van der Waals surface area contributed by atoms with Crippen LogP contribution in [0, 0.1) is 11.7 Å². The molecule has 136 valence electrons. The van der Waals surface area contributed by atoms with Crippen LogP contribution in [0.3, 0.4) is 0 Å². The van der Waals surface area contributed by atoms with Crippen LogP contribution >= 0.6 is 0 Å². The summed E-state index contributed by atoms with van der Waals surface area (Å²) in [4.78, 5) is 26.2. The molecule has 0 bridgehead atoms. The van der Waals surface area contributed by atoms with Gasteiger partial charge in [0.15, 0.2) is 5.78 Å². The Labute approximate surface area is 152 Å². The number of halogens is 1. The molecule has 0 aromatic heterocycles. The van der Waals surface area contributed by atoms with Crippen LogP contribution in [0.5, 0.6) is 0 Å². The number of carbonyl (C=O) groups excluding carboxylic acids is 1. The third-order valence-electron chi connectivity index (χ3n) is 4.95. The van der Waals surface area contributed by atoms with Crippen LogP contribution < -0.4 is 0 Å². The summed E-state index contributed by atoms with van der Waals surface area (Å²) in [7, 11) is 0. The highest BCUT2D eigenvalue weighted by molar-refractivity contribution is 5.98. The summed E-state index contributed by atoms with van der Waals surface area (Å²) in [6, 6.07) is 12.8. The SMILES string of the molecule is O=C(O)c1ccccc1CCN1CCCC(C(=O)c2ccc(F)cc2)C1. The molecule has 1 unspecified atom stereocenters. The van der Waals surface area contributed by atoms with Crippen molar-refractivity contribution in [1.82, 2.24) is 4.90 Å². The standard InChI is InChI=1S/C21H22FNO3/c22-18-9-7-16(8-10-18)20(24)17-5-3-12-23(14-17)13-11-15-4-1-2-6-19(15)21(25)26/h1-2,4,6-10,17H,3,5,11-14H2,(H,25,26). The molecule has 5 heteroatoms. The van der Waals surface area contributed by atoms with Gasteiger partial charge in [-0.05, 0) is 61.7 Å². The highest BCUT2D eigenvalue weighted by atomic mass is 19.1. The van der Waals surface area contributed by atoms with Gasteiger partial charge in [-0.15, -0.1) is 0 Å². The first-order valence-corrected chi connectivity index (χ1v) is 8.88. The fourth-order valence-corrected chi connectivity index (χ4v) is 3.55. The molecule has 1 atom stereocenters. The summed E-state index contributed by atoms with van der Waals surface area (Å²) in [5.74, 6) is -1.29. The third kappa shape index (κ3) is 4.35. The Morgan fingerprint density at radius 3 is 2.58 bits per heavy atom. The molecule has 2 aromatic rings. The highest BCUT2D eigenvalue weighted by Crippen LogP contribution is 2.22. The maximum Gasteiger partial charge on any atom is 0.335 e. The molecular weight excluding hydrogens is 333 g/mol. The fourth-order valence-electron chi connectivity index (χ4n) is 3.55. The number of carbonyl (C=O) groups is 2. The van der Waals surface area contributed by atoms with Crippen LogP contribution in [0.4, 0.5) is 4.39 Å². The van der Waals surface area contributed by atoms with Gasteiger partial charge in [0.05, 0.1) is 5.56 Å². The largest absolute Gasteiger partial charge is 0.478 e. The molecule has 0 saturated carbocycles. The van der Waals surface area contributed by atoms with E-state index in [0.29, 0.717) is 24.1 Å². The number of nitrogens with zero attached hydrogens (tertiary/aromatic N) is 1. The Kier molecular flexibility index (Phi) is 5.78. The Bertz CT molecular complexity index is 788. The van der Waals surface area contributed by atoms with Crippen molar-refractivity contribution in [3.63, 3.8) is 0 Å². The number of hydrogen-bond acceptors (Lipinski definition) is 3. The predicted octanol–water partition coefficient (Wildman–Crippen LogP) is 3.66. The summed E-state index contributed by atoms with van der Waals surface area (Å²) in [6.07, 6.45) is 2.40. The minimum atomic E-state index is -0.913. The van der Waals surface area contributed by atoms with Gasteiger partial charge in [0.2, 0.25) is 0 Å². The summed E-state index contributed by atoms with van der Waals surface area (Å²) in [5, 5.41) is 9.28. The molecule has 0 spiro atoms. The van der Waals surface area contributed by atoms with Gasteiger partial charge in [0, 0.05) is 24.6 Å². The van der Waals surface area contributed by atoms with Crippen molar-refractivity contribution >= 4 is 11.8 Å². The van der Waals surface area contributed by atoms with Crippen molar-refractivity contribution in [3.8, 4) is 0 Å². The lowest BCUT2D eigenvalue weighted by molar-refractivity contribution is 0.0695. The number of aromatic carboxylic acids is 1. The van der Waals surface area contributed by atoms with Crippen molar-refractivity contribution in [2.24, 2.45) is 5.92 Å². The molecular formula is C21H22FNO3. The van der Waals surface area contributed by atoms with E-state index in [0.717, 1.165) is 31.5 Å². The number of hydrogen-bond donors (Lipinski definition) is 1. The first-order valence-electron chi connectivity index (χ1n) is 8.88. The molecule has 3 rings (SSSR count). The van der Waals surface area contributed by atoms with Crippen molar-refractivity contribution in [1.29, 1.82) is 0 Å². The summed E-state index contributed by atoms with van der Waals surface area (Å²) >= 11 is 0. The minimum absolute atomic E-state index is 0.0561. The molecule has 4 nitrogen and oxygen atoms in total. The number of carboxylic acid groups (broad SMARTS) is 1. The molecule has 0 radical (unpaired) electrons. The minimum Gasteiger partial charge on any atom is -0.478 e. The van der Waals surface area contributed by atoms with Gasteiger partial charge in [-0.2, -0.15) is 0 Å². The van der Waals surface area contributed by atoms with E-state index in [1.54, 1.807) is 24.3 Å². The van der Waals surface area contributed by atoms with Gasteiger partial charge in [-0.1, -0.05) is 18.2 Å². The van der Waals surface area contributed by atoms with Gasteiger partial charge in [-0.3, -0.25) is 4.79 Å². The average Bonchev–Trinajstić information content (AvgIpc) is 2.67. The third-order valence-corrected chi connectivity index (χ3v) is 4.95. The second kappa shape index (κ2) is 8.23. The molecule has 1 heterocycles. The van der Waals surface area contributed by atoms with Gasteiger partial charge < -0.3 is 10.0 Å². The molecule has 1 saturated heterocycles. The van der Waals surface area contributed by atoms with Crippen LogP contribution in [-0.2, 0) is 6.42 Å². The van der Waals surface area contributed by atoms with Crippen LogP contribution in [0.1, 0.15) is 39.1 Å². The molecule has 0 aliphatic carbocycles. The van der Waals surface area contributed by atoms with Crippen molar-refractivity contribution in [2.45, 2.75) is 19.3 Å². The van der Waals surface area contributed by atoms with Crippen LogP contribution in [-0.4, -0.2) is 41.4 Å². The quantitative estimate of drug-likeness (QED) is 0.804. The summed E-state index contributed by atoms with van der Waals surface area (Å²) < 4.78 is 13.0. The Balaban J connectivity index is 1.61. The van der Waals surface area contributed by atoms with E-state index in [1.165, 1.54) is 12.1 Å². The van der Waals surface area contributed by atoms with E-state index >= 15 is 0 Å². The lowest BCUT2D eigenvalue weighted by atomic mass is 9.89. The maximum absolute atomic E-state index is 13.0. The monoisotopic (exact) mass is 355 g/mol. The van der Waals surface area contributed by atoms with E-state index < -0.39 is 5.97 Å². The van der Waals surface area contributed by atoms with E-state index in [2.05, 4.69) is 4.90 Å². The zero-order chi connectivity index (χ0) is 18.5. The van der Waals surface area contributed by atoms with Gasteiger partial charge in [0.25, 0.3) is 0 Å². The predicted molar refractivity (Wildman–Crippen MR) is 97.0 cm³/mol. The second-order valence-corrected chi connectivity index (χ2v) is 6.72. The normalized spacial score (nSPS) is 17.8. The number of rotatable bonds is 6. The topological polar surface area (TPSA) is 57.6 Å². The maximum atomic E-state index is 13.0. The number of piperidine rings is 1.